The van der Waals surface area contributed by atoms with E-state index in [2.05, 4.69) is 24.4 Å². The molecule has 0 amide bonds. The molecule has 1 aliphatic carbocycles. The third-order valence-electron chi connectivity index (χ3n) is 4.32. The van der Waals surface area contributed by atoms with Crippen LogP contribution in [0.4, 0.5) is 0 Å². The highest BCUT2D eigenvalue weighted by Crippen LogP contribution is 2.28. The van der Waals surface area contributed by atoms with Crippen LogP contribution in [0, 0.1) is 5.92 Å². The lowest BCUT2D eigenvalue weighted by atomic mass is 10.0. The Morgan fingerprint density at radius 2 is 2.00 bits per heavy atom. The number of nitrogens with one attached hydrogen (secondary N) is 1. The van der Waals surface area contributed by atoms with Crippen LogP contribution in [0.5, 0.6) is 5.75 Å². The Bertz CT molecular complexity index is 371. The summed E-state index contributed by atoms with van der Waals surface area (Å²) >= 11 is 0. The van der Waals surface area contributed by atoms with Crippen molar-refractivity contribution < 1.29 is 4.74 Å². The summed E-state index contributed by atoms with van der Waals surface area (Å²) in [6.45, 7) is 3.32. The molecule has 0 spiro atoms. The van der Waals surface area contributed by atoms with Gasteiger partial charge in [0.1, 0.15) is 5.75 Å². The lowest BCUT2D eigenvalue weighted by Gasteiger charge is -2.17. The molecule has 0 bridgehead atoms. The monoisotopic (exact) mass is 261 g/mol. The van der Waals surface area contributed by atoms with Crippen molar-refractivity contribution in [1.82, 2.24) is 5.32 Å². The highest BCUT2D eigenvalue weighted by molar-refractivity contribution is 5.35. The third-order valence-corrected chi connectivity index (χ3v) is 4.32. The quantitative estimate of drug-likeness (QED) is 0.738. The van der Waals surface area contributed by atoms with Gasteiger partial charge in [0.25, 0.3) is 0 Å². The number of benzene rings is 1. The van der Waals surface area contributed by atoms with Crippen LogP contribution >= 0.6 is 0 Å². The Morgan fingerprint density at radius 1 is 1.26 bits per heavy atom. The predicted molar refractivity (Wildman–Crippen MR) is 80.6 cm³/mol. The summed E-state index contributed by atoms with van der Waals surface area (Å²) in [6, 6.07) is 8.64. The Kier molecular flexibility index (Phi) is 5.71. The maximum absolute atomic E-state index is 5.41. The molecule has 1 N–H and O–H groups in total. The van der Waals surface area contributed by atoms with Crippen LogP contribution in [0.25, 0.3) is 0 Å². The lowest BCUT2D eigenvalue weighted by molar-refractivity contribution is 0.399. The molecule has 1 fully saturated rings. The Hall–Kier alpha value is -1.02. The second-order valence-electron chi connectivity index (χ2n) is 5.71. The molecule has 106 valence electrons. The van der Waals surface area contributed by atoms with Crippen LogP contribution in [0.15, 0.2) is 24.3 Å². The average molecular weight is 261 g/mol. The minimum Gasteiger partial charge on any atom is -0.496 e. The SMILES string of the molecule is COc1ccccc1C(C)NCCCC1CCCC1. The van der Waals surface area contributed by atoms with Crippen LogP contribution in [0.1, 0.15) is 57.1 Å². The Balaban J connectivity index is 1.72. The molecule has 1 aliphatic rings. The van der Waals surface area contributed by atoms with E-state index in [1.54, 1.807) is 7.11 Å². The third kappa shape index (κ3) is 4.24. The van der Waals surface area contributed by atoms with Crippen LogP contribution in [0.3, 0.4) is 0 Å². The zero-order valence-corrected chi connectivity index (χ0v) is 12.3. The first-order valence-corrected chi connectivity index (χ1v) is 7.67. The second-order valence-corrected chi connectivity index (χ2v) is 5.71. The highest BCUT2D eigenvalue weighted by atomic mass is 16.5. The molecule has 1 atom stereocenters. The molecule has 1 saturated carbocycles. The molecule has 2 rings (SSSR count). The van der Waals surface area contributed by atoms with Gasteiger partial charge in [0.15, 0.2) is 0 Å². The summed E-state index contributed by atoms with van der Waals surface area (Å²) in [7, 11) is 1.74. The van der Waals surface area contributed by atoms with Crippen LogP contribution in [-0.2, 0) is 0 Å². The van der Waals surface area contributed by atoms with E-state index < -0.39 is 0 Å². The fraction of sp³-hybridized carbons (Fsp3) is 0.647. The maximum Gasteiger partial charge on any atom is 0.123 e. The average Bonchev–Trinajstić information content (AvgIpc) is 2.96. The van der Waals surface area contributed by atoms with Gasteiger partial charge in [0.2, 0.25) is 0 Å². The Morgan fingerprint density at radius 3 is 2.74 bits per heavy atom. The van der Waals surface area contributed by atoms with E-state index in [9.17, 15) is 0 Å². The standard InChI is InChI=1S/C17H27NO/c1-14(16-11-5-6-12-17(16)19-2)18-13-7-10-15-8-3-4-9-15/h5-6,11-12,14-15,18H,3-4,7-10,13H2,1-2H3. The number of hydrogen-bond donors (Lipinski definition) is 1. The number of hydrogen-bond acceptors (Lipinski definition) is 2. The summed E-state index contributed by atoms with van der Waals surface area (Å²) in [4.78, 5) is 0. The first kappa shape index (κ1) is 14.4. The zero-order chi connectivity index (χ0) is 13.5. The molecule has 0 radical (unpaired) electrons. The van der Waals surface area contributed by atoms with Gasteiger partial charge in [-0.15, -0.1) is 0 Å². The number of methoxy groups -OCH3 is 1. The van der Waals surface area contributed by atoms with Crippen LogP contribution < -0.4 is 10.1 Å². The normalized spacial score (nSPS) is 17.6. The minimum absolute atomic E-state index is 0.361. The lowest BCUT2D eigenvalue weighted by Crippen LogP contribution is -2.20. The molecular weight excluding hydrogens is 234 g/mol. The van der Waals surface area contributed by atoms with Crippen molar-refractivity contribution in [2.75, 3.05) is 13.7 Å². The summed E-state index contributed by atoms with van der Waals surface area (Å²) in [5.41, 5.74) is 1.26. The molecule has 0 aliphatic heterocycles. The zero-order valence-electron chi connectivity index (χ0n) is 12.3. The first-order valence-electron chi connectivity index (χ1n) is 7.67. The topological polar surface area (TPSA) is 21.3 Å². The smallest absolute Gasteiger partial charge is 0.123 e. The Labute approximate surface area is 117 Å². The van der Waals surface area contributed by atoms with Gasteiger partial charge in [-0.1, -0.05) is 43.9 Å². The summed E-state index contributed by atoms with van der Waals surface area (Å²) in [5, 5.41) is 3.62. The van der Waals surface area contributed by atoms with E-state index in [1.165, 1.54) is 44.1 Å². The van der Waals surface area contributed by atoms with Gasteiger partial charge in [0.05, 0.1) is 7.11 Å². The van der Waals surface area contributed by atoms with Gasteiger partial charge in [-0.05, 0) is 38.3 Å². The van der Waals surface area contributed by atoms with E-state index in [4.69, 9.17) is 4.74 Å². The molecule has 2 heteroatoms. The molecule has 1 aromatic carbocycles. The minimum atomic E-state index is 0.361. The molecule has 2 nitrogen and oxygen atoms in total. The van der Waals surface area contributed by atoms with Gasteiger partial charge in [-0.3, -0.25) is 0 Å². The maximum atomic E-state index is 5.41. The number of ether oxygens (including phenoxy) is 1. The first-order chi connectivity index (χ1) is 9.31. The predicted octanol–water partition coefficient (Wildman–Crippen LogP) is 4.32. The van der Waals surface area contributed by atoms with Gasteiger partial charge in [0, 0.05) is 11.6 Å². The van der Waals surface area contributed by atoms with Crippen molar-refractivity contribution in [2.45, 2.75) is 51.5 Å². The van der Waals surface area contributed by atoms with E-state index in [0.717, 1.165) is 18.2 Å². The summed E-state index contributed by atoms with van der Waals surface area (Å²) in [5.74, 6) is 1.99. The molecule has 0 saturated heterocycles. The van der Waals surface area contributed by atoms with Crippen molar-refractivity contribution in [2.24, 2.45) is 5.92 Å². The van der Waals surface area contributed by atoms with Crippen LogP contribution in [-0.4, -0.2) is 13.7 Å². The highest BCUT2D eigenvalue weighted by Gasteiger charge is 2.14. The summed E-state index contributed by atoms with van der Waals surface area (Å²) in [6.07, 6.45) is 8.52. The van der Waals surface area contributed by atoms with E-state index in [0.29, 0.717) is 6.04 Å². The second kappa shape index (κ2) is 7.54. The molecular formula is C17H27NO. The molecule has 1 unspecified atom stereocenters. The van der Waals surface area contributed by atoms with Gasteiger partial charge in [-0.25, -0.2) is 0 Å². The molecule has 19 heavy (non-hydrogen) atoms. The summed E-state index contributed by atoms with van der Waals surface area (Å²) < 4.78 is 5.41. The fourth-order valence-corrected chi connectivity index (χ4v) is 3.14. The van der Waals surface area contributed by atoms with Gasteiger partial charge < -0.3 is 10.1 Å². The fourth-order valence-electron chi connectivity index (χ4n) is 3.14. The van der Waals surface area contributed by atoms with Gasteiger partial charge >= 0.3 is 0 Å². The van der Waals surface area contributed by atoms with E-state index in [1.807, 2.05) is 12.1 Å². The molecule has 1 aromatic rings. The van der Waals surface area contributed by atoms with Crippen LogP contribution in [0.2, 0.25) is 0 Å². The van der Waals surface area contributed by atoms with E-state index >= 15 is 0 Å². The van der Waals surface area contributed by atoms with Crippen molar-refractivity contribution in [3.8, 4) is 5.75 Å². The van der Waals surface area contributed by atoms with Crippen molar-refractivity contribution in [1.29, 1.82) is 0 Å². The molecule has 0 heterocycles. The number of rotatable bonds is 7. The van der Waals surface area contributed by atoms with Crippen molar-refractivity contribution in [3.05, 3.63) is 29.8 Å². The van der Waals surface area contributed by atoms with Gasteiger partial charge in [-0.2, -0.15) is 0 Å². The molecule has 0 aromatic heterocycles. The largest absolute Gasteiger partial charge is 0.496 e. The number of para-hydroxylation sites is 1. The van der Waals surface area contributed by atoms with E-state index in [-0.39, 0.29) is 0 Å². The van der Waals surface area contributed by atoms with Crippen molar-refractivity contribution >= 4 is 0 Å². The van der Waals surface area contributed by atoms with Crippen molar-refractivity contribution in [3.63, 3.8) is 0 Å².